The van der Waals surface area contributed by atoms with Gasteiger partial charge in [0.25, 0.3) is 0 Å². The minimum absolute atomic E-state index is 0. The predicted octanol–water partition coefficient (Wildman–Crippen LogP) is -2.12. The van der Waals surface area contributed by atoms with Crippen molar-refractivity contribution in [1.29, 1.82) is 0 Å². The molecule has 7 heavy (non-hydrogen) atoms. The highest BCUT2D eigenvalue weighted by Crippen LogP contribution is 1.96. The third-order valence-electron chi connectivity index (χ3n) is 1.21. The van der Waals surface area contributed by atoms with Crippen LogP contribution in [0.25, 0.3) is 0 Å². The molecule has 44 valence electrons. The van der Waals surface area contributed by atoms with E-state index in [4.69, 9.17) is 0 Å². The summed E-state index contributed by atoms with van der Waals surface area (Å²) < 4.78 is 0. The van der Waals surface area contributed by atoms with Gasteiger partial charge in [-0.25, -0.2) is 0 Å². The molecule has 0 bridgehead atoms. The third kappa shape index (κ3) is 3.06. The van der Waals surface area contributed by atoms with E-state index in [0.29, 0.717) is 0 Å². The Morgan fingerprint density at radius 3 is 1.71 bits per heavy atom. The van der Waals surface area contributed by atoms with E-state index in [9.17, 15) is 0 Å². The Labute approximate surface area is 56.7 Å². The lowest BCUT2D eigenvalue weighted by Crippen LogP contribution is -3.00. The Morgan fingerprint density at radius 2 is 1.57 bits per heavy atom. The van der Waals surface area contributed by atoms with Gasteiger partial charge >= 0.3 is 1.43 Å². The quantitative estimate of drug-likeness (QED) is 0.433. The van der Waals surface area contributed by atoms with Gasteiger partial charge in [0.1, 0.15) is 0 Å². The zero-order valence-corrected chi connectivity index (χ0v) is 6.00. The first-order chi connectivity index (χ1) is 3.00. The summed E-state index contributed by atoms with van der Waals surface area (Å²) in [6.45, 7) is 2.50. The van der Waals surface area contributed by atoms with E-state index in [1.807, 2.05) is 0 Å². The molecule has 1 aliphatic heterocycles. The van der Waals surface area contributed by atoms with Gasteiger partial charge in [0.05, 0.1) is 0 Å². The van der Waals surface area contributed by atoms with E-state index in [2.05, 4.69) is 5.32 Å². The normalized spacial score (nSPS) is 20.6. The van der Waals surface area contributed by atoms with Crippen LogP contribution >= 0.6 is 0 Å². The van der Waals surface area contributed by atoms with Crippen molar-refractivity contribution in [3.63, 3.8) is 0 Å². The number of halogens is 1. The number of nitrogens with one attached hydrogen (secondary N) is 1. The molecule has 0 saturated carbocycles. The van der Waals surface area contributed by atoms with Gasteiger partial charge in [0.15, 0.2) is 0 Å². The molecular formula is C5H12BrN. The lowest BCUT2D eigenvalue weighted by Gasteiger charge is -2.08. The van der Waals surface area contributed by atoms with Crippen LogP contribution in [0.4, 0.5) is 0 Å². The topological polar surface area (TPSA) is 12.0 Å². The first-order valence-corrected chi connectivity index (χ1v) is 2.71. The van der Waals surface area contributed by atoms with Crippen LogP contribution in [0.1, 0.15) is 20.7 Å². The van der Waals surface area contributed by atoms with Gasteiger partial charge in [-0.15, -0.1) is 0 Å². The molecular weight excluding hydrogens is 154 g/mol. The van der Waals surface area contributed by atoms with Crippen molar-refractivity contribution in [3.8, 4) is 0 Å². The summed E-state index contributed by atoms with van der Waals surface area (Å²) in [4.78, 5) is 0. The average Bonchev–Trinajstić information content (AvgIpc) is 1.72. The molecule has 0 spiro atoms. The summed E-state index contributed by atoms with van der Waals surface area (Å²) >= 11 is 0. The maximum Gasteiger partial charge on any atom is 1.00 e. The number of piperidine rings is 1. The smallest absolute Gasteiger partial charge is 1.00 e. The molecule has 0 unspecified atom stereocenters. The monoisotopic (exact) mass is 165 g/mol. The molecule has 1 saturated heterocycles. The fourth-order valence-corrected chi connectivity index (χ4v) is 0.802. The highest BCUT2D eigenvalue weighted by Gasteiger charge is 1.93. The maximum atomic E-state index is 3.28. The molecule has 1 aliphatic rings. The molecule has 1 fully saturated rings. The molecule has 0 aromatic heterocycles. The van der Waals surface area contributed by atoms with E-state index in [0.717, 1.165) is 0 Å². The molecule has 0 aromatic carbocycles. The standard InChI is InChI=1S/C5H11N.BrH/c1-2-4-6-5-3-1;/h6H,1-5H2;1H. The molecule has 0 amide bonds. The second-order valence-corrected chi connectivity index (χ2v) is 1.81. The number of rotatable bonds is 0. The molecule has 0 atom stereocenters. The summed E-state index contributed by atoms with van der Waals surface area (Å²) in [5, 5.41) is 3.28. The lowest BCUT2D eigenvalue weighted by molar-refractivity contribution is -0.00000134. The zero-order chi connectivity index (χ0) is 4.24. The van der Waals surface area contributed by atoms with Crippen molar-refractivity contribution in [2.24, 2.45) is 0 Å². The van der Waals surface area contributed by atoms with Gasteiger partial charge < -0.3 is 22.3 Å². The summed E-state index contributed by atoms with van der Waals surface area (Å²) in [6.07, 6.45) is 4.22. The van der Waals surface area contributed by atoms with Gasteiger partial charge in [0, 0.05) is 0 Å². The van der Waals surface area contributed by atoms with Crippen LogP contribution in [0.2, 0.25) is 0 Å². The van der Waals surface area contributed by atoms with Crippen LogP contribution in [-0.2, 0) is 0 Å². The van der Waals surface area contributed by atoms with E-state index in [-0.39, 0.29) is 18.4 Å². The van der Waals surface area contributed by atoms with Crippen LogP contribution in [0.5, 0.6) is 0 Å². The average molecular weight is 166 g/mol. The first-order valence-electron chi connectivity index (χ1n) is 2.71. The van der Waals surface area contributed by atoms with Crippen molar-refractivity contribution >= 4 is 0 Å². The van der Waals surface area contributed by atoms with Crippen LogP contribution in [0, 0.1) is 0 Å². The fraction of sp³-hybridized carbons (Fsp3) is 1.00. The summed E-state index contributed by atoms with van der Waals surface area (Å²) in [6, 6.07) is 0. The number of hydrogen-bond acceptors (Lipinski definition) is 1. The molecule has 2 heteroatoms. The third-order valence-corrected chi connectivity index (χ3v) is 1.21. The minimum atomic E-state index is 0. The molecule has 1 N–H and O–H groups in total. The van der Waals surface area contributed by atoms with Crippen LogP contribution in [0.3, 0.4) is 0 Å². The van der Waals surface area contributed by atoms with Gasteiger partial charge in [-0.2, -0.15) is 0 Å². The fourth-order valence-electron chi connectivity index (χ4n) is 0.802. The Hall–Kier alpha value is 0.440. The zero-order valence-electron chi connectivity index (χ0n) is 5.41. The Bertz CT molecular complexity index is 27.9. The van der Waals surface area contributed by atoms with Gasteiger partial charge in [-0.1, -0.05) is 6.42 Å². The molecule has 1 rings (SSSR count). The van der Waals surface area contributed by atoms with Gasteiger partial charge in [-0.05, 0) is 25.9 Å². The van der Waals surface area contributed by atoms with E-state index in [1.165, 1.54) is 32.4 Å². The Morgan fingerprint density at radius 1 is 1.00 bits per heavy atom. The van der Waals surface area contributed by atoms with E-state index < -0.39 is 0 Å². The van der Waals surface area contributed by atoms with Crippen LogP contribution in [-0.4, -0.2) is 13.1 Å². The summed E-state index contributed by atoms with van der Waals surface area (Å²) in [5.74, 6) is 0. The largest absolute Gasteiger partial charge is 1.00 e. The van der Waals surface area contributed by atoms with Crippen LogP contribution in [0.15, 0.2) is 0 Å². The second kappa shape index (κ2) is 4.60. The first kappa shape index (κ1) is 7.44. The molecule has 1 heterocycles. The maximum absolute atomic E-state index is 3.28. The summed E-state index contributed by atoms with van der Waals surface area (Å²) in [5.41, 5.74) is 0. The predicted molar refractivity (Wildman–Crippen MR) is 27.8 cm³/mol. The number of hydrogen-bond donors (Lipinski definition) is 1. The second-order valence-electron chi connectivity index (χ2n) is 1.81. The van der Waals surface area contributed by atoms with E-state index in [1.54, 1.807) is 0 Å². The molecule has 0 aromatic rings. The minimum Gasteiger partial charge on any atom is -1.00 e. The molecule has 1 nitrogen and oxygen atoms in total. The highest BCUT2D eigenvalue weighted by molar-refractivity contribution is 4.55. The Kier molecular flexibility index (Phi) is 4.88. The SMILES string of the molecule is C1CCNCC1.[Br-].[H+]. The van der Waals surface area contributed by atoms with Gasteiger partial charge in [-0.3, -0.25) is 0 Å². The highest BCUT2D eigenvalue weighted by atomic mass is 79.9. The van der Waals surface area contributed by atoms with Crippen molar-refractivity contribution in [2.75, 3.05) is 13.1 Å². The Balaban J connectivity index is 0. The molecule has 0 radical (unpaired) electrons. The van der Waals surface area contributed by atoms with Crippen molar-refractivity contribution in [1.82, 2.24) is 5.32 Å². The molecule has 0 aliphatic carbocycles. The van der Waals surface area contributed by atoms with E-state index >= 15 is 0 Å². The van der Waals surface area contributed by atoms with Crippen molar-refractivity contribution < 1.29 is 18.4 Å². The summed E-state index contributed by atoms with van der Waals surface area (Å²) in [7, 11) is 0. The van der Waals surface area contributed by atoms with Crippen molar-refractivity contribution in [2.45, 2.75) is 19.3 Å². The van der Waals surface area contributed by atoms with Gasteiger partial charge in [0.2, 0.25) is 0 Å². The van der Waals surface area contributed by atoms with Crippen molar-refractivity contribution in [3.05, 3.63) is 0 Å². The lowest BCUT2D eigenvalue weighted by atomic mass is 10.2. The van der Waals surface area contributed by atoms with Crippen LogP contribution < -0.4 is 22.3 Å².